The first-order chi connectivity index (χ1) is 12.4. The monoisotopic (exact) mass is 373 g/mol. The average molecular weight is 373 g/mol. The second-order valence-electron chi connectivity index (χ2n) is 6.29. The van der Waals surface area contributed by atoms with E-state index >= 15 is 0 Å². The van der Waals surface area contributed by atoms with Gasteiger partial charge in [0, 0.05) is 41.7 Å². The van der Waals surface area contributed by atoms with Crippen molar-refractivity contribution in [1.29, 1.82) is 0 Å². The van der Waals surface area contributed by atoms with Crippen LogP contribution in [0, 0.1) is 5.92 Å². The van der Waals surface area contributed by atoms with Crippen molar-refractivity contribution in [2.45, 2.75) is 26.7 Å². The number of hydrogen-bond acceptors (Lipinski definition) is 4. The molecule has 0 bridgehead atoms. The summed E-state index contributed by atoms with van der Waals surface area (Å²) in [6.45, 7) is 4.24. The largest absolute Gasteiger partial charge is 0.351 e. The van der Waals surface area contributed by atoms with E-state index in [9.17, 15) is 14.4 Å². The number of anilines is 2. The fraction of sp³-hybridized carbons (Fsp3) is 0.316. The van der Waals surface area contributed by atoms with Crippen LogP contribution in [0.1, 0.15) is 37.0 Å². The molecule has 1 heterocycles. The normalized spacial score (nSPS) is 10.4. The fourth-order valence-corrected chi connectivity index (χ4v) is 2.86. The lowest BCUT2D eigenvalue weighted by atomic mass is 10.1. The molecule has 7 heteroatoms. The van der Waals surface area contributed by atoms with Crippen LogP contribution in [0.5, 0.6) is 0 Å². The van der Waals surface area contributed by atoms with Gasteiger partial charge in [0.25, 0.3) is 5.91 Å². The van der Waals surface area contributed by atoms with E-state index in [1.807, 2.05) is 19.2 Å². The fourth-order valence-electron chi connectivity index (χ4n) is 2.23. The highest BCUT2D eigenvalue weighted by Crippen LogP contribution is 2.14. The minimum Gasteiger partial charge on any atom is -0.351 e. The number of nitrogens with one attached hydrogen (secondary N) is 3. The summed E-state index contributed by atoms with van der Waals surface area (Å²) in [4.78, 5) is 35.4. The maximum Gasteiger partial charge on any atom is 0.252 e. The topological polar surface area (TPSA) is 87.3 Å². The van der Waals surface area contributed by atoms with Crippen LogP contribution < -0.4 is 16.0 Å². The molecule has 138 valence electrons. The van der Waals surface area contributed by atoms with E-state index in [-0.39, 0.29) is 30.7 Å². The Bertz CT molecular complexity index is 740. The van der Waals surface area contributed by atoms with Crippen LogP contribution in [0.4, 0.5) is 11.4 Å². The SMILES string of the molecule is CC(C)CC(=O)Nc1ccc(NC(=O)CCNC(=O)c2ccsc2)cc1. The van der Waals surface area contributed by atoms with Gasteiger partial charge < -0.3 is 16.0 Å². The minimum atomic E-state index is -0.188. The van der Waals surface area contributed by atoms with Crippen molar-refractivity contribution in [2.75, 3.05) is 17.2 Å². The molecule has 1 aromatic carbocycles. The maximum atomic E-state index is 11.9. The smallest absolute Gasteiger partial charge is 0.252 e. The number of benzene rings is 1. The second kappa shape index (κ2) is 9.72. The maximum absolute atomic E-state index is 11.9. The first kappa shape index (κ1) is 19.7. The van der Waals surface area contributed by atoms with Crippen LogP contribution in [-0.4, -0.2) is 24.3 Å². The molecule has 2 rings (SSSR count). The first-order valence-corrected chi connectivity index (χ1v) is 9.38. The van der Waals surface area contributed by atoms with Crippen LogP contribution in [0.15, 0.2) is 41.1 Å². The Kier molecular flexibility index (Phi) is 7.35. The summed E-state index contributed by atoms with van der Waals surface area (Å²) in [5, 5.41) is 11.9. The zero-order valence-electron chi connectivity index (χ0n) is 14.9. The van der Waals surface area contributed by atoms with E-state index in [2.05, 4.69) is 16.0 Å². The molecule has 0 aliphatic rings. The van der Waals surface area contributed by atoms with Gasteiger partial charge in [-0.15, -0.1) is 0 Å². The zero-order chi connectivity index (χ0) is 18.9. The highest BCUT2D eigenvalue weighted by molar-refractivity contribution is 7.08. The van der Waals surface area contributed by atoms with E-state index in [1.54, 1.807) is 35.7 Å². The predicted molar refractivity (Wildman–Crippen MR) is 104 cm³/mol. The molecular weight excluding hydrogens is 350 g/mol. The van der Waals surface area contributed by atoms with E-state index in [0.29, 0.717) is 29.3 Å². The second-order valence-corrected chi connectivity index (χ2v) is 7.07. The Morgan fingerprint density at radius 2 is 1.58 bits per heavy atom. The molecule has 0 spiro atoms. The van der Waals surface area contributed by atoms with Crippen molar-refractivity contribution in [3.8, 4) is 0 Å². The van der Waals surface area contributed by atoms with E-state index in [1.165, 1.54) is 11.3 Å². The van der Waals surface area contributed by atoms with Crippen LogP contribution in [0.25, 0.3) is 0 Å². The molecule has 2 aromatic rings. The van der Waals surface area contributed by atoms with Crippen molar-refractivity contribution in [3.63, 3.8) is 0 Å². The third-order valence-corrected chi connectivity index (χ3v) is 4.15. The Hall–Kier alpha value is -2.67. The number of rotatable bonds is 8. The van der Waals surface area contributed by atoms with Gasteiger partial charge in [-0.3, -0.25) is 14.4 Å². The standard InChI is InChI=1S/C19H23N3O3S/c1-13(2)11-18(24)22-16-5-3-15(4-6-16)21-17(23)7-9-20-19(25)14-8-10-26-12-14/h3-6,8,10,12-13H,7,9,11H2,1-2H3,(H,20,25)(H,21,23)(H,22,24). The van der Waals surface area contributed by atoms with Gasteiger partial charge in [0.2, 0.25) is 11.8 Å². The molecule has 3 amide bonds. The third kappa shape index (κ3) is 6.68. The van der Waals surface area contributed by atoms with Crippen LogP contribution in [0.3, 0.4) is 0 Å². The molecule has 0 aliphatic carbocycles. The van der Waals surface area contributed by atoms with Gasteiger partial charge in [-0.1, -0.05) is 13.8 Å². The molecule has 26 heavy (non-hydrogen) atoms. The molecule has 0 aliphatic heterocycles. The highest BCUT2D eigenvalue weighted by atomic mass is 32.1. The summed E-state index contributed by atoms with van der Waals surface area (Å²) in [5.41, 5.74) is 1.93. The minimum absolute atomic E-state index is 0.0295. The third-order valence-electron chi connectivity index (χ3n) is 3.47. The van der Waals surface area contributed by atoms with E-state index in [0.717, 1.165) is 0 Å². The summed E-state index contributed by atoms with van der Waals surface area (Å²) in [5.74, 6) is -0.0975. The number of carbonyl (C=O) groups is 3. The summed E-state index contributed by atoms with van der Waals surface area (Å²) in [6.07, 6.45) is 0.651. The number of hydrogen-bond donors (Lipinski definition) is 3. The summed E-state index contributed by atoms with van der Waals surface area (Å²) >= 11 is 1.45. The van der Waals surface area contributed by atoms with Gasteiger partial charge in [0.1, 0.15) is 0 Å². The molecule has 3 N–H and O–H groups in total. The van der Waals surface area contributed by atoms with Crippen LogP contribution in [0.2, 0.25) is 0 Å². The lowest BCUT2D eigenvalue weighted by Crippen LogP contribution is -2.27. The quantitative estimate of drug-likeness (QED) is 0.662. The number of carbonyl (C=O) groups excluding carboxylic acids is 3. The molecule has 0 saturated carbocycles. The summed E-state index contributed by atoms with van der Waals surface area (Å²) < 4.78 is 0. The lowest BCUT2D eigenvalue weighted by Gasteiger charge is -2.09. The zero-order valence-corrected chi connectivity index (χ0v) is 15.7. The van der Waals surface area contributed by atoms with Crippen molar-refractivity contribution >= 4 is 40.4 Å². The van der Waals surface area contributed by atoms with Gasteiger partial charge in [-0.25, -0.2) is 0 Å². The van der Waals surface area contributed by atoms with Crippen molar-refractivity contribution < 1.29 is 14.4 Å². The van der Waals surface area contributed by atoms with Gasteiger partial charge in [0.15, 0.2) is 0 Å². The van der Waals surface area contributed by atoms with Gasteiger partial charge in [0.05, 0.1) is 0 Å². The van der Waals surface area contributed by atoms with Gasteiger partial charge >= 0.3 is 0 Å². The lowest BCUT2D eigenvalue weighted by molar-refractivity contribution is -0.117. The Labute approximate surface area is 157 Å². The van der Waals surface area contributed by atoms with Crippen molar-refractivity contribution in [2.24, 2.45) is 5.92 Å². The Morgan fingerprint density at radius 3 is 2.12 bits per heavy atom. The summed E-state index contributed by atoms with van der Waals surface area (Å²) in [7, 11) is 0. The molecule has 1 aromatic heterocycles. The molecule has 6 nitrogen and oxygen atoms in total. The molecule has 0 saturated heterocycles. The molecule has 0 unspecified atom stereocenters. The van der Waals surface area contributed by atoms with Gasteiger partial charge in [-0.05, 0) is 41.6 Å². The average Bonchev–Trinajstić information content (AvgIpc) is 3.10. The van der Waals surface area contributed by atoms with Crippen molar-refractivity contribution in [3.05, 3.63) is 46.7 Å². The number of thiophene rings is 1. The Balaban J connectivity index is 1.73. The molecule has 0 atom stereocenters. The van der Waals surface area contributed by atoms with E-state index in [4.69, 9.17) is 0 Å². The number of amides is 3. The molecule has 0 radical (unpaired) electrons. The first-order valence-electron chi connectivity index (χ1n) is 8.44. The van der Waals surface area contributed by atoms with E-state index < -0.39 is 0 Å². The van der Waals surface area contributed by atoms with Crippen LogP contribution >= 0.6 is 11.3 Å². The molecule has 0 fully saturated rings. The van der Waals surface area contributed by atoms with Crippen LogP contribution in [-0.2, 0) is 9.59 Å². The Morgan fingerprint density at radius 1 is 0.962 bits per heavy atom. The summed E-state index contributed by atoms with van der Waals surface area (Å²) in [6, 6.07) is 8.68. The molecular formula is C19H23N3O3S. The van der Waals surface area contributed by atoms with Gasteiger partial charge in [-0.2, -0.15) is 11.3 Å². The van der Waals surface area contributed by atoms with Crippen molar-refractivity contribution in [1.82, 2.24) is 5.32 Å². The highest BCUT2D eigenvalue weighted by Gasteiger charge is 2.08. The predicted octanol–water partition coefficient (Wildman–Crippen LogP) is 3.49.